The lowest BCUT2D eigenvalue weighted by atomic mass is 9.98. The summed E-state index contributed by atoms with van der Waals surface area (Å²) < 4.78 is 15.7. The second-order valence-corrected chi connectivity index (χ2v) is 15.9. The van der Waals surface area contributed by atoms with E-state index in [1.165, 1.54) is 10.8 Å². The number of rotatable bonds is 6. The molecule has 13 rings (SSSR count). The van der Waals surface area contributed by atoms with Gasteiger partial charge in [0.1, 0.15) is 16.7 Å². The molecule has 9 aromatic carbocycles. The zero-order valence-electron chi connectivity index (χ0n) is 33.7. The van der Waals surface area contributed by atoms with Crippen molar-refractivity contribution < 1.29 is 8.83 Å². The Bertz CT molecular complexity index is 3840. The lowest BCUT2D eigenvalue weighted by Crippen LogP contribution is -2.00. The fourth-order valence-corrected chi connectivity index (χ4v) is 9.32. The largest absolute Gasteiger partial charge is 0.455 e. The van der Waals surface area contributed by atoms with Gasteiger partial charge in [-0.1, -0.05) is 170 Å². The van der Waals surface area contributed by atoms with Crippen molar-refractivity contribution >= 4 is 65.7 Å². The van der Waals surface area contributed by atoms with Crippen LogP contribution >= 0.6 is 0 Å². The molecule has 0 amide bonds. The minimum absolute atomic E-state index is 0.554. The van der Waals surface area contributed by atoms with Gasteiger partial charge in [-0.3, -0.25) is 0 Å². The Balaban J connectivity index is 0.936. The number of para-hydroxylation sites is 5. The van der Waals surface area contributed by atoms with E-state index in [4.69, 9.17) is 23.8 Å². The maximum atomic E-state index is 7.04. The van der Waals surface area contributed by atoms with Crippen molar-refractivity contribution in [2.75, 3.05) is 0 Å². The van der Waals surface area contributed by atoms with E-state index in [9.17, 15) is 0 Å². The monoisotopic (exact) mass is 806 g/mol. The zero-order chi connectivity index (χ0) is 41.4. The zero-order valence-corrected chi connectivity index (χ0v) is 33.7. The van der Waals surface area contributed by atoms with Crippen molar-refractivity contribution in [3.63, 3.8) is 0 Å². The Labute approximate surface area is 361 Å². The minimum Gasteiger partial charge on any atom is -0.455 e. The van der Waals surface area contributed by atoms with Crippen LogP contribution < -0.4 is 0 Å². The maximum Gasteiger partial charge on any atom is 0.167 e. The number of furan rings is 2. The van der Waals surface area contributed by atoms with Gasteiger partial charge in [0.2, 0.25) is 0 Å². The number of hydrogen-bond acceptors (Lipinski definition) is 5. The molecule has 0 saturated carbocycles. The molecule has 0 radical (unpaired) electrons. The molecule has 0 aliphatic heterocycles. The van der Waals surface area contributed by atoms with Crippen LogP contribution in [0, 0.1) is 0 Å². The average Bonchev–Trinajstić information content (AvgIpc) is 4.04. The van der Waals surface area contributed by atoms with Crippen LogP contribution in [-0.2, 0) is 0 Å². The van der Waals surface area contributed by atoms with Crippen LogP contribution in [0.2, 0.25) is 0 Å². The molecule has 13 aromatic rings. The summed E-state index contributed by atoms with van der Waals surface area (Å²) in [5, 5.41) is 6.62. The summed E-state index contributed by atoms with van der Waals surface area (Å²) >= 11 is 0. The van der Waals surface area contributed by atoms with E-state index in [1.54, 1.807) is 0 Å². The van der Waals surface area contributed by atoms with Gasteiger partial charge in [-0.2, -0.15) is 0 Å². The third kappa shape index (κ3) is 5.62. The Morgan fingerprint density at radius 1 is 0.302 bits per heavy atom. The van der Waals surface area contributed by atoms with Crippen molar-refractivity contribution in [2.45, 2.75) is 0 Å². The average molecular weight is 807 g/mol. The molecular formula is C57H34N4O2. The van der Waals surface area contributed by atoms with E-state index in [-0.39, 0.29) is 0 Å². The van der Waals surface area contributed by atoms with Crippen LogP contribution in [0.5, 0.6) is 0 Å². The summed E-state index contributed by atoms with van der Waals surface area (Å²) in [7, 11) is 0. The van der Waals surface area contributed by atoms with Gasteiger partial charge in [0, 0.05) is 49.0 Å². The highest BCUT2D eigenvalue weighted by Crippen LogP contribution is 2.42. The van der Waals surface area contributed by atoms with Crippen LogP contribution in [0.25, 0.3) is 128 Å². The topological polar surface area (TPSA) is 69.9 Å². The van der Waals surface area contributed by atoms with Crippen molar-refractivity contribution in [1.29, 1.82) is 0 Å². The third-order valence-corrected chi connectivity index (χ3v) is 12.3. The van der Waals surface area contributed by atoms with E-state index in [1.807, 2.05) is 78.9 Å². The maximum absolute atomic E-state index is 7.04. The quantitative estimate of drug-likeness (QED) is 0.167. The first-order valence-electron chi connectivity index (χ1n) is 21.1. The number of hydrogen-bond donors (Lipinski definition) is 0. The van der Waals surface area contributed by atoms with Crippen LogP contribution in [0.3, 0.4) is 0 Å². The second-order valence-electron chi connectivity index (χ2n) is 15.9. The van der Waals surface area contributed by atoms with Crippen molar-refractivity contribution in [3.8, 4) is 62.1 Å². The molecule has 0 unspecified atom stereocenters. The van der Waals surface area contributed by atoms with E-state index < -0.39 is 0 Å². The molecule has 4 aromatic heterocycles. The van der Waals surface area contributed by atoms with Crippen LogP contribution in [0.15, 0.2) is 215 Å². The Hall–Kier alpha value is -8.61. The molecule has 0 aliphatic carbocycles. The van der Waals surface area contributed by atoms with Gasteiger partial charge in [-0.05, 0) is 53.1 Å². The fourth-order valence-electron chi connectivity index (χ4n) is 9.32. The summed E-state index contributed by atoms with van der Waals surface area (Å²) in [6, 6.07) is 71.5. The molecule has 0 fully saturated rings. The first kappa shape index (κ1) is 35.2. The van der Waals surface area contributed by atoms with Crippen LogP contribution in [0.1, 0.15) is 0 Å². The fraction of sp³-hybridized carbons (Fsp3) is 0. The number of aromatic nitrogens is 4. The highest BCUT2D eigenvalue weighted by molar-refractivity contribution is 6.15. The van der Waals surface area contributed by atoms with Gasteiger partial charge in [0.05, 0.1) is 22.3 Å². The number of benzene rings is 9. The van der Waals surface area contributed by atoms with Crippen molar-refractivity contribution in [2.24, 2.45) is 0 Å². The molecule has 63 heavy (non-hydrogen) atoms. The van der Waals surface area contributed by atoms with Crippen LogP contribution in [-0.4, -0.2) is 19.5 Å². The lowest BCUT2D eigenvalue weighted by Gasteiger charge is -2.09. The number of fused-ring (bicyclic) bond motifs is 9. The smallest absolute Gasteiger partial charge is 0.167 e. The van der Waals surface area contributed by atoms with Gasteiger partial charge in [-0.25, -0.2) is 15.0 Å². The highest BCUT2D eigenvalue weighted by atomic mass is 16.3. The van der Waals surface area contributed by atoms with Gasteiger partial charge in [0.25, 0.3) is 0 Å². The lowest BCUT2D eigenvalue weighted by molar-refractivity contribution is 0.667. The molecule has 6 nitrogen and oxygen atoms in total. The van der Waals surface area contributed by atoms with Gasteiger partial charge in [0.15, 0.2) is 23.1 Å². The standard InChI is InChI=1S/C57H34N4O2/c1-3-14-37(15-4-1)55-58-56(38-16-5-2-6-17-38)60-57(59-55)46-24-12-22-44-45-23-13-26-50(54(45)63-53(44)46)61-48-25-9-7-18-41(48)47-34-39(32-33-49(47)61)35-28-30-36(31-29-35)40-20-11-21-43-42-19-8-10-27-51(42)62-52(40)43/h1-34H. The summed E-state index contributed by atoms with van der Waals surface area (Å²) in [6.07, 6.45) is 0. The molecule has 0 saturated heterocycles. The predicted octanol–water partition coefficient (Wildman–Crippen LogP) is 15.1. The molecular weight excluding hydrogens is 773 g/mol. The second kappa shape index (κ2) is 14.0. The normalized spacial score (nSPS) is 11.8. The van der Waals surface area contributed by atoms with Gasteiger partial charge >= 0.3 is 0 Å². The predicted molar refractivity (Wildman–Crippen MR) is 256 cm³/mol. The number of nitrogens with zero attached hydrogens (tertiary/aromatic N) is 4. The Morgan fingerprint density at radius 3 is 1.57 bits per heavy atom. The molecule has 0 spiro atoms. The first-order valence-corrected chi connectivity index (χ1v) is 21.1. The summed E-state index contributed by atoms with van der Waals surface area (Å²) in [4.78, 5) is 15.0. The van der Waals surface area contributed by atoms with Gasteiger partial charge in [-0.15, -0.1) is 0 Å². The first-order chi connectivity index (χ1) is 31.2. The van der Waals surface area contributed by atoms with Crippen molar-refractivity contribution in [1.82, 2.24) is 19.5 Å². The molecule has 4 heterocycles. The summed E-state index contributed by atoms with van der Waals surface area (Å²) in [5.74, 6) is 1.77. The molecule has 0 bridgehead atoms. The molecule has 0 aliphatic rings. The highest BCUT2D eigenvalue weighted by Gasteiger charge is 2.22. The van der Waals surface area contributed by atoms with E-state index in [2.05, 4.69) is 132 Å². The van der Waals surface area contributed by atoms with E-state index in [0.29, 0.717) is 17.5 Å². The third-order valence-electron chi connectivity index (χ3n) is 12.3. The van der Waals surface area contributed by atoms with Crippen molar-refractivity contribution in [3.05, 3.63) is 206 Å². The molecule has 0 atom stereocenters. The molecule has 294 valence electrons. The Kier molecular flexibility index (Phi) is 7.80. The molecule has 0 N–H and O–H groups in total. The summed E-state index contributed by atoms with van der Waals surface area (Å²) in [5.41, 5.74) is 13.6. The van der Waals surface area contributed by atoms with E-state index in [0.717, 1.165) is 99.5 Å². The summed E-state index contributed by atoms with van der Waals surface area (Å²) in [6.45, 7) is 0. The Morgan fingerprint density at radius 2 is 0.825 bits per heavy atom. The molecule has 6 heteroatoms. The van der Waals surface area contributed by atoms with E-state index >= 15 is 0 Å². The SMILES string of the molecule is c1ccc(-c2nc(-c3ccccc3)nc(-c3cccc4c3oc3c(-n5c6ccccc6c6cc(-c7ccc(-c8cccc9c8oc8ccccc89)cc7)ccc65)cccc34)n2)cc1. The van der Waals surface area contributed by atoms with Gasteiger partial charge < -0.3 is 13.4 Å². The van der Waals surface area contributed by atoms with Crippen LogP contribution in [0.4, 0.5) is 0 Å². The minimum atomic E-state index is 0.554.